The average molecular weight is 246 g/mol. The van der Waals surface area contributed by atoms with E-state index in [9.17, 15) is 9.59 Å². The van der Waals surface area contributed by atoms with E-state index < -0.39 is 11.4 Å². The van der Waals surface area contributed by atoms with Crippen LogP contribution in [-0.2, 0) is 0 Å². The average Bonchev–Trinajstić information content (AvgIpc) is 2.32. The normalized spacial score (nSPS) is 17.1. The Balaban J connectivity index is 2.46. The SMILES string of the molecule is CC1Nn2cc(C(=O)O)c(=O)c3cccc(c32)O1. The fourth-order valence-electron chi connectivity index (χ4n) is 2.11. The van der Waals surface area contributed by atoms with E-state index in [-0.39, 0.29) is 11.8 Å². The molecule has 6 nitrogen and oxygen atoms in total. The summed E-state index contributed by atoms with van der Waals surface area (Å²) in [6.45, 7) is 1.79. The fraction of sp³-hybridized carbons (Fsp3) is 0.167. The molecule has 0 saturated carbocycles. The monoisotopic (exact) mass is 246 g/mol. The van der Waals surface area contributed by atoms with Gasteiger partial charge in [-0.25, -0.2) is 4.79 Å². The van der Waals surface area contributed by atoms with E-state index in [1.54, 1.807) is 25.1 Å². The van der Waals surface area contributed by atoms with Gasteiger partial charge < -0.3 is 9.84 Å². The molecule has 0 fully saturated rings. The molecule has 2 heterocycles. The molecule has 0 bridgehead atoms. The molecule has 2 N–H and O–H groups in total. The van der Waals surface area contributed by atoms with Gasteiger partial charge in [-0.2, -0.15) is 0 Å². The van der Waals surface area contributed by atoms with Gasteiger partial charge in [-0.15, -0.1) is 0 Å². The minimum atomic E-state index is -1.24. The Bertz CT molecular complexity index is 720. The highest BCUT2D eigenvalue weighted by Gasteiger charge is 2.21. The summed E-state index contributed by atoms with van der Waals surface area (Å²) < 4.78 is 7.07. The van der Waals surface area contributed by atoms with Crippen LogP contribution in [0.1, 0.15) is 17.3 Å². The zero-order chi connectivity index (χ0) is 12.9. The van der Waals surface area contributed by atoms with Crippen molar-refractivity contribution in [2.75, 3.05) is 5.43 Å². The number of aromatic nitrogens is 1. The van der Waals surface area contributed by atoms with Crippen molar-refractivity contribution in [3.63, 3.8) is 0 Å². The summed E-state index contributed by atoms with van der Waals surface area (Å²) in [5.74, 6) is -0.676. The number of aromatic carboxylic acids is 1. The molecule has 1 aliphatic rings. The molecule has 92 valence electrons. The molecule has 1 unspecified atom stereocenters. The molecule has 1 atom stereocenters. The minimum Gasteiger partial charge on any atom is -0.477 e. The smallest absolute Gasteiger partial charge is 0.341 e. The van der Waals surface area contributed by atoms with Crippen molar-refractivity contribution in [2.45, 2.75) is 13.2 Å². The van der Waals surface area contributed by atoms with Crippen LogP contribution >= 0.6 is 0 Å². The summed E-state index contributed by atoms with van der Waals surface area (Å²) in [5, 5.41) is 9.35. The van der Waals surface area contributed by atoms with Gasteiger partial charge in [0.15, 0.2) is 6.23 Å². The third kappa shape index (κ3) is 1.35. The van der Waals surface area contributed by atoms with Gasteiger partial charge in [-0.1, -0.05) is 6.07 Å². The van der Waals surface area contributed by atoms with Crippen LogP contribution in [0.4, 0.5) is 0 Å². The molecule has 0 saturated heterocycles. The Kier molecular flexibility index (Phi) is 2.07. The lowest BCUT2D eigenvalue weighted by Crippen LogP contribution is -2.36. The third-order valence-electron chi connectivity index (χ3n) is 2.84. The first-order chi connectivity index (χ1) is 8.58. The van der Waals surface area contributed by atoms with Crippen molar-refractivity contribution in [3.8, 4) is 5.75 Å². The second kappa shape index (κ2) is 3.49. The number of para-hydroxylation sites is 1. The fourth-order valence-corrected chi connectivity index (χ4v) is 2.11. The third-order valence-corrected chi connectivity index (χ3v) is 2.84. The van der Waals surface area contributed by atoms with Crippen LogP contribution in [0.15, 0.2) is 29.2 Å². The number of hydrogen-bond donors (Lipinski definition) is 2. The summed E-state index contributed by atoms with van der Waals surface area (Å²) in [6.07, 6.45) is 0.988. The van der Waals surface area contributed by atoms with E-state index in [1.807, 2.05) is 0 Å². The lowest BCUT2D eigenvalue weighted by atomic mass is 10.1. The first-order valence-electron chi connectivity index (χ1n) is 5.43. The maximum absolute atomic E-state index is 12.0. The zero-order valence-electron chi connectivity index (χ0n) is 9.51. The Morgan fingerprint density at radius 3 is 3.00 bits per heavy atom. The second-order valence-corrected chi connectivity index (χ2v) is 4.09. The Morgan fingerprint density at radius 1 is 1.50 bits per heavy atom. The van der Waals surface area contributed by atoms with Crippen molar-refractivity contribution in [2.24, 2.45) is 0 Å². The number of carboxylic acids is 1. The van der Waals surface area contributed by atoms with Gasteiger partial charge in [0, 0.05) is 6.20 Å². The zero-order valence-corrected chi connectivity index (χ0v) is 9.51. The standard InChI is InChI=1S/C12H10N2O4/c1-6-13-14-5-8(12(16)17)11(15)7-3-2-4-9(18-6)10(7)14/h2-6,13H,1H3,(H,16,17). The molecular formula is C12H10N2O4. The van der Waals surface area contributed by atoms with Gasteiger partial charge in [0.05, 0.1) is 5.39 Å². The molecule has 0 spiro atoms. The first kappa shape index (κ1) is 10.6. The van der Waals surface area contributed by atoms with Crippen molar-refractivity contribution < 1.29 is 14.6 Å². The molecule has 6 heteroatoms. The summed E-state index contributed by atoms with van der Waals surface area (Å²) in [7, 11) is 0. The predicted octanol–water partition coefficient (Wildman–Crippen LogP) is 0.982. The summed E-state index contributed by atoms with van der Waals surface area (Å²) in [4.78, 5) is 23.1. The van der Waals surface area contributed by atoms with Crippen molar-refractivity contribution in [1.29, 1.82) is 0 Å². The van der Waals surface area contributed by atoms with Crippen LogP contribution in [0.2, 0.25) is 0 Å². The second-order valence-electron chi connectivity index (χ2n) is 4.09. The van der Waals surface area contributed by atoms with E-state index in [4.69, 9.17) is 9.84 Å². The summed E-state index contributed by atoms with van der Waals surface area (Å²) in [5.41, 5.74) is 2.73. The number of ether oxygens (including phenoxy) is 1. The predicted molar refractivity (Wildman–Crippen MR) is 64.6 cm³/mol. The van der Waals surface area contributed by atoms with Crippen LogP contribution in [-0.4, -0.2) is 22.0 Å². The maximum atomic E-state index is 12.0. The van der Waals surface area contributed by atoms with Crippen LogP contribution in [0.5, 0.6) is 5.75 Å². The molecular weight excluding hydrogens is 236 g/mol. The molecule has 1 aromatic carbocycles. The number of hydrogen-bond acceptors (Lipinski definition) is 4. The van der Waals surface area contributed by atoms with Gasteiger partial charge in [0.1, 0.15) is 16.8 Å². The van der Waals surface area contributed by atoms with E-state index in [0.29, 0.717) is 16.7 Å². The lowest BCUT2D eigenvalue weighted by Gasteiger charge is -2.27. The van der Waals surface area contributed by atoms with Gasteiger partial charge >= 0.3 is 5.97 Å². The molecule has 1 aromatic heterocycles. The minimum absolute atomic E-state index is 0.263. The maximum Gasteiger partial charge on any atom is 0.341 e. The summed E-state index contributed by atoms with van der Waals surface area (Å²) in [6, 6.07) is 5.01. The number of carboxylic acid groups (broad SMARTS) is 1. The first-order valence-corrected chi connectivity index (χ1v) is 5.43. The molecule has 0 aliphatic carbocycles. The lowest BCUT2D eigenvalue weighted by molar-refractivity contribution is 0.0694. The van der Waals surface area contributed by atoms with E-state index >= 15 is 0 Å². The number of nitrogens with zero attached hydrogens (tertiary/aromatic N) is 1. The van der Waals surface area contributed by atoms with Gasteiger partial charge in [0.25, 0.3) is 0 Å². The Hall–Kier alpha value is -2.50. The highest BCUT2D eigenvalue weighted by molar-refractivity contribution is 5.94. The Labute approximate surface area is 101 Å². The quantitative estimate of drug-likeness (QED) is 0.784. The number of benzene rings is 1. The van der Waals surface area contributed by atoms with Crippen LogP contribution in [0, 0.1) is 0 Å². The van der Waals surface area contributed by atoms with Crippen molar-refractivity contribution in [1.82, 2.24) is 4.68 Å². The largest absolute Gasteiger partial charge is 0.477 e. The van der Waals surface area contributed by atoms with Crippen LogP contribution < -0.4 is 15.6 Å². The highest BCUT2D eigenvalue weighted by atomic mass is 16.5. The Morgan fingerprint density at radius 2 is 2.28 bits per heavy atom. The molecule has 3 rings (SSSR count). The van der Waals surface area contributed by atoms with Crippen molar-refractivity contribution in [3.05, 3.63) is 40.2 Å². The molecule has 0 radical (unpaired) electrons. The highest BCUT2D eigenvalue weighted by Crippen LogP contribution is 2.27. The number of rotatable bonds is 1. The molecule has 0 amide bonds. The van der Waals surface area contributed by atoms with Gasteiger partial charge in [-0.3, -0.25) is 14.9 Å². The van der Waals surface area contributed by atoms with E-state index in [1.165, 1.54) is 10.9 Å². The molecule has 2 aromatic rings. The molecule has 1 aliphatic heterocycles. The van der Waals surface area contributed by atoms with E-state index in [0.717, 1.165) is 0 Å². The van der Waals surface area contributed by atoms with Crippen molar-refractivity contribution >= 4 is 16.9 Å². The van der Waals surface area contributed by atoms with E-state index in [2.05, 4.69) is 5.43 Å². The van der Waals surface area contributed by atoms with Crippen LogP contribution in [0.3, 0.4) is 0 Å². The van der Waals surface area contributed by atoms with Gasteiger partial charge in [-0.05, 0) is 19.1 Å². The number of nitrogens with one attached hydrogen (secondary N) is 1. The van der Waals surface area contributed by atoms with Crippen LogP contribution in [0.25, 0.3) is 10.9 Å². The number of carbonyl (C=O) groups is 1. The van der Waals surface area contributed by atoms with Gasteiger partial charge in [0.2, 0.25) is 5.43 Å². The summed E-state index contributed by atoms with van der Waals surface area (Å²) >= 11 is 0. The topological polar surface area (TPSA) is 80.6 Å². The molecule has 18 heavy (non-hydrogen) atoms. The number of pyridine rings is 1.